The molecule has 2 heterocycles. The summed E-state index contributed by atoms with van der Waals surface area (Å²) in [4.78, 5) is 20.2. The Bertz CT molecular complexity index is 617. The number of nitrogens with one attached hydrogen (secondary N) is 2. The Morgan fingerprint density at radius 2 is 2.05 bits per heavy atom. The minimum atomic E-state index is -0.269. The summed E-state index contributed by atoms with van der Waals surface area (Å²) in [6.07, 6.45) is 1.50. The molecule has 1 aromatic carbocycles. The van der Waals surface area contributed by atoms with Crippen LogP contribution in [0.3, 0.4) is 0 Å². The number of fused-ring (bicyclic) bond motifs is 1. The van der Waals surface area contributed by atoms with Gasteiger partial charge in [-0.1, -0.05) is 30.3 Å². The number of amides is 1. The molecule has 5 nitrogen and oxygen atoms in total. The van der Waals surface area contributed by atoms with Crippen molar-refractivity contribution in [1.82, 2.24) is 9.97 Å². The molecule has 0 saturated heterocycles. The summed E-state index contributed by atoms with van der Waals surface area (Å²) in [7, 11) is 0. The van der Waals surface area contributed by atoms with Crippen molar-refractivity contribution in [2.75, 3.05) is 17.2 Å². The van der Waals surface area contributed by atoms with Crippen molar-refractivity contribution in [2.45, 2.75) is 5.92 Å². The number of carbonyl (C=O) groups is 1. The van der Waals surface area contributed by atoms with E-state index in [1.54, 1.807) is 0 Å². The lowest BCUT2D eigenvalue weighted by Crippen LogP contribution is -2.23. The van der Waals surface area contributed by atoms with Crippen LogP contribution in [-0.2, 0) is 4.79 Å². The number of benzene rings is 1. The number of anilines is 2. The molecule has 2 aromatic rings. The minimum Gasteiger partial charge on any atom is -0.367 e. The smallest absolute Gasteiger partial charge is 0.233 e. The van der Waals surface area contributed by atoms with Crippen molar-refractivity contribution in [3.05, 3.63) is 47.4 Å². The summed E-state index contributed by atoms with van der Waals surface area (Å²) in [6.45, 7) is 0.468. The van der Waals surface area contributed by atoms with Crippen molar-refractivity contribution in [3.63, 3.8) is 0 Å². The fraction of sp³-hybridized carbons (Fsp3) is 0.154. The molecule has 0 bridgehead atoms. The van der Waals surface area contributed by atoms with Crippen LogP contribution in [0.2, 0.25) is 5.28 Å². The first-order valence-corrected chi connectivity index (χ1v) is 6.24. The molecule has 0 saturated carbocycles. The highest BCUT2D eigenvalue weighted by Crippen LogP contribution is 2.27. The molecule has 0 radical (unpaired) electrons. The van der Waals surface area contributed by atoms with Crippen LogP contribution in [0.25, 0.3) is 0 Å². The molecule has 1 aromatic heterocycles. The molecule has 3 rings (SSSR count). The van der Waals surface area contributed by atoms with Gasteiger partial charge in [-0.3, -0.25) is 4.79 Å². The first-order valence-electron chi connectivity index (χ1n) is 5.86. The SMILES string of the molecule is O=C1Nc2cnc(Cl)nc2NCC1c1ccccc1. The Labute approximate surface area is 115 Å². The Morgan fingerprint density at radius 1 is 1.26 bits per heavy atom. The summed E-state index contributed by atoms with van der Waals surface area (Å²) >= 11 is 5.74. The third kappa shape index (κ3) is 2.37. The summed E-state index contributed by atoms with van der Waals surface area (Å²) < 4.78 is 0. The van der Waals surface area contributed by atoms with Gasteiger partial charge in [-0.05, 0) is 17.2 Å². The van der Waals surface area contributed by atoms with Crippen LogP contribution >= 0.6 is 11.6 Å². The summed E-state index contributed by atoms with van der Waals surface area (Å²) in [5.41, 5.74) is 1.51. The van der Waals surface area contributed by atoms with E-state index in [1.807, 2.05) is 30.3 Å². The summed E-state index contributed by atoms with van der Waals surface area (Å²) in [5, 5.41) is 6.09. The van der Waals surface area contributed by atoms with Gasteiger partial charge in [0.25, 0.3) is 0 Å². The number of halogens is 1. The number of aromatic nitrogens is 2. The number of rotatable bonds is 1. The van der Waals surface area contributed by atoms with Crippen molar-refractivity contribution < 1.29 is 4.79 Å². The maximum atomic E-state index is 12.2. The number of carbonyl (C=O) groups excluding carboxylic acids is 1. The van der Waals surface area contributed by atoms with Crippen LogP contribution < -0.4 is 10.6 Å². The van der Waals surface area contributed by atoms with E-state index < -0.39 is 0 Å². The van der Waals surface area contributed by atoms with Crippen molar-refractivity contribution in [2.24, 2.45) is 0 Å². The fourth-order valence-electron chi connectivity index (χ4n) is 2.05. The van der Waals surface area contributed by atoms with E-state index in [4.69, 9.17) is 11.6 Å². The zero-order valence-electron chi connectivity index (χ0n) is 9.93. The van der Waals surface area contributed by atoms with Gasteiger partial charge in [0.05, 0.1) is 12.1 Å². The van der Waals surface area contributed by atoms with Crippen LogP contribution in [-0.4, -0.2) is 22.4 Å². The predicted octanol–water partition coefficient (Wildman–Crippen LogP) is 2.28. The Hall–Kier alpha value is -2.14. The Balaban J connectivity index is 1.92. The van der Waals surface area contributed by atoms with Gasteiger partial charge in [-0.25, -0.2) is 4.98 Å². The highest BCUT2D eigenvalue weighted by atomic mass is 35.5. The van der Waals surface area contributed by atoms with Crippen LogP contribution in [0.4, 0.5) is 11.5 Å². The lowest BCUT2D eigenvalue weighted by atomic mass is 9.98. The van der Waals surface area contributed by atoms with E-state index in [0.717, 1.165) is 5.56 Å². The van der Waals surface area contributed by atoms with Crippen LogP contribution in [0.1, 0.15) is 11.5 Å². The molecule has 1 aliphatic rings. The molecule has 19 heavy (non-hydrogen) atoms. The molecule has 0 spiro atoms. The zero-order chi connectivity index (χ0) is 13.2. The molecule has 6 heteroatoms. The molecular formula is C13H11ClN4O. The fourth-order valence-corrected chi connectivity index (χ4v) is 2.19. The quantitative estimate of drug-likeness (QED) is 0.783. The van der Waals surface area contributed by atoms with Gasteiger partial charge in [-0.2, -0.15) is 4.98 Å². The number of nitrogens with zero attached hydrogens (tertiary/aromatic N) is 2. The lowest BCUT2D eigenvalue weighted by Gasteiger charge is -2.13. The van der Waals surface area contributed by atoms with E-state index in [-0.39, 0.29) is 17.1 Å². The van der Waals surface area contributed by atoms with Crippen molar-refractivity contribution >= 4 is 29.0 Å². The predicted molar refractivity (Wildman–Crippen MR) is 73.3 cm³/mol. The molecule has 1 amide bonds. The van der Waals surface area contributed by atoms with Gasteiger partial charge < -0.3 is 10.6 Å². The molecule has 2 N–H and O–H groups in total. The maximum absolute atomic E-state index is 12.2. The van der Waals surface area contributed by atoms with Crippen LogP contribution in [0, 0.1) is 0 Å². The topological polar surface area (TPSA) is 66.9 Å². The molecule has 0 fully saturated rings. The Kier molecular flexibility index (Phi) is 3.05. The van der Waals surface area contributed by atoms with E-state index in [2.05, 4.69) is 20.6 Å². The van der Waals surface area contributed by atoms with Gasteiger partial charge >= 0.3 is 0 Å². The monoisotopic (exact) mass is 274 g/mol. The van der Waals surface area contributed by atoms with Crippen molar-refractivity contribution in [1.29, 1.82) is 0 Å². The van der Waals surface area contributed by atoms with E-state index in [0.29, 0.717) is 18.1 Å². The van der Waals surface area contributed by atoms with E-state index in [9.17, 15) is 4.79 Å². The Morgan fingerprint density at radius 3 is 2.84 bits per heavy atom. The van der Waals surface area contributed by atoms with Gasteiger partial charge in [0.1, 0.15) is 5.69 Å². The third-order valence-corrected chi connectivity index (χ3v) is 3.19. The van der Waals surface area contributed by atoms with E-state index >= 15 is 0 Å². The normalized spacial score (nSPS) is 17.9. The van der Waals surface area contributed by atoms with E-state index in [1.165, 1.54) is 6.20 Å². The molecule has 1 aliphatic heterocycles. The molecule has 1 atom stereocenters. The highest BCUT2D eigenvalue weighted by molar-refractivity contribution is 6.28. The first kappa shape index (κ1) is 11.9. The third-order valence-electron chi connectivity index (χ3n) is 3.01. The lowest BCUT2D eigenvalue weighted by molar-refractivity contribution is -0.117. The average Bonchev–Trinajstić information content (AvgIpc) is 2.58. The molecule has 0 aliphatic carbocycles. The molecule has 1 unspecified atom stereocenters. The van der Waals surface area contributed by atoms with Crippen LogP contribution in [0.5, 0.6) is 0 Å². The first-order chi connectivity index (χ1) is 9.24. The maximum Gasteiger partial charge on any atom is 0.233 e. The highest BCUT2D eigenvalue weighted by Gasteiger charge is 2.25. The minimum absolute atomic E-state index is 0.0802. The molecular weight excluding hydrogens is 264 g/mol. The second-order valence-corrected chi connectivity index (χ2v) is 4.57. The summed E-state index contributed by atoms with van der Waals surface area (Å²) in [5.74, 6) is 0.198. The zero-order valence-corrected chi connectivity index (χ0v) is 10.7. The van der Waals surface area contributed by atoms with Gasteiger partial charge in [0.15, 0.2) is 5.82 Å². The number of hydrogen-bond donors (Lipinski definition) is 2. The van der Waals surface area contributed by atoms with Crippen LogP contribution in [0.15, 0.2) is 36.5 Å². The van der Waals surface area contributed by atoms with Gasteiger partial charge in [-0.15, -0.1) is 0 Å². The summed E-state index contributed by atoms with van der Waals surface area (Å²) in [6, 6.07) is 9.61. The van der Waals surface area contributed by atoms with Gasteiger partial charge in [0, 0.05) is 6.54 Å². The average molecular weight is 275 g/mol. The second kappa shape index (κ2) is 4.85. The standard InChI is InChI=1S/C13H11ClN4O/c14-13-16-7-10-11(18-13)15-6-9(12(19)17-10)8-4-2-1-3-5-8/h1-5,7,9H,6H2,(H,17,19)(H,15,16,18). The molecule has 96 valence electrons. The van der Waals surface area contributed by atoms with Gasteiger partial charge in [0.2, 0.25) is 11.2 Å². The number of hydrogen-bond acceptors (Lipinski definition) is 4. The van der Waals surface area contributed by atoms with Crippen molar-refractivity contribution in [3.8, 4) is 0 Å². The second-order valence-electron chi connectivity index (χ2n) is 4.23. The largest absolute Gasteiger partial charge is 0.367 e.